The summed E-state index contributed by atoms with van der Waals surface area (Å²) in [5.74, 6) is -0.663. The molecule has 0 spiro atoms. The molecule has 1 aromatic heterocycles. The predicted molar refractivity (Wildman–Crippen MR) is 132 cm³/mol. The van der Waals surface area contributed by atoms with E-state index in [2.05, 4.69) is 10.2 Å². The van der Waals surface area contributed by atoms with Crippen LogP contribution in [-0.2, 0) is 4.74 Å². The van der Waals surface area contributed by atoms with Crippen LogP contribution in [0.2, 0.25) is 10.0 Å². The Labute approximate surface area is 206 Å². The number of ether oxygens (including phenoxy) is 1. The molecule has 34 heavy (non-hydrogen) atoms. The Morgan fingerprint density at radius 1 is 1.06 bits per heavy atom. The van der Waals surface area contributed by atoms with E-state index >= 15 is 0 Å². The van der Waals surface area contributed by atoms with Crippen LogP contribution in [0.3, 0.4) is 0 Å². The molecule has 5 rings (SSSR count). The van der Waals surface area contributed by atoms with Crippen molar-refractivity contribution in [3.63, 3.8) is 0 Å². The monoisotopic (exact) mass is 491 g/mol. The van der Waals surface area contributed by atoms with Crippen molar-refractivity contribution in [1.82, 2.24) is 10.2 Å². The number of rotatable bonds is 5. The van der Waals surface area contributed by atoms with Crippen molar-refractivity contribution < 1.29 is 14.3 Å². The van der Waals surface area contributed by atoms with Crippen molar-refractivity contribution in [2.75, 3.05) is 11.5 Å². The summed E-state index contributed by atoms with van der Waals surface area (Å²) in [4.78, 5) is 27.4. The smallest absolute Gasteiger partial charge is 0.338 e. The number of nitrogens with zero attached hydrogens (tertiary/aromatic N) is 2. The van der Waals surface area contributed by atoms with Crippen molar-refractivity contribution in [2.24, 2.45) is 0 Å². The first-order valence-corrected chi connectivity index (χ1v) is 11.4. The molecule has 0 fully saturated rings. The lowest BCUT2D eigenvalue weighted by atomic mass is 9.95. The zero-order chi connectivity index (χ0) is 23.8. The van der Waals surface area contributed by atoms with Gasteiger partial charge in [-0.3, -0.25) is 14.8 Å². The van der Waals surface area contributed by atoms with Gasteiger partial charge in [0.25, 0.3) is 5.91 Å². The maximum Gasteiger partial charge on any atom is 0.338 e. The molecule has 1 atom stereocenters. The Kier molecular flexibility index (Phi) is 5.86. The number of H-pyrrole nitrogens is 1. The summed E-state index contributed by atoms with van der Waals surface area (Å²) in [5, 5.41) is 8.33. The van der Waals surface area contributed by atoms with Gasteiger partial charge in [-0.1, -0.05) is 59.6 Å². The SMILES string of the molecule is CCOC(=O)c1ccc(N2C(=O)c3[nH]nc(-c4ccccc4)c3[C@H]2c2ccc(Cl)cc2Cl)cc1. The van der Waals surface area contributed by atoms with Crippen molar-refractivity contribution >= 4 is 40.8 Å². The number of aromatic amines is 1. The zero-order valence-corrected chi connectivity index (χ0v) is 19.6. The summed E-state index contributed by atoms with van der Waals surface area (Å²) in [6, 6.07) is 21.1. The normalized spacial score (nSPS) is 14.9. The highest BCUT2D eigenvalue weighted by atomic mass is 35.5. The van der Waals surface area contributed by atoms with Crippen molar-refractivity contribution in [3.05, 3.63) is 105 Å². The fourth-order valence-corrected chi connectivity index (χ4v) is 4.73. The highest BCUT2D eigenvalue weighted by Gasteiger charge is 2.43. The number of carbonyl (C=O) groups is 2. The minimum Gasteiger partial charge on any atom is -0.462 e. The van der Waals surface area contributed by atoms with E-state index in [-0.39, 0.29) is 12.5 Å². The molecule has 0 radical (unpaired) electrons. The van der Waals surface area contributed by atoms with Gasteiger partial charge >= 0.3 is 5.97 Å². The van der Waals surface area contributed by atoms with Gasteiger partial charge in [-0.05, 0) is 48.9 Å². The van der Waals surface area contributed by atoms with Crippen LogP contribution in [0.5, 0.6) is 0 Å². The van der Waals surface area contributed by atoms with Gasteiger partial charge in [-0.15, -0.1) is 0 Å². The van der Waals surface area contributed by atoms with Gasteiger partial charge in [-0.25, -0.2) is 4.79 Å². The van der Waals surface area contributed by atoms with Gasteiger partial charge in [0.15, 0.2) is 0 Å². The molecule has 1 N–H and O–H groups in total. The lowest BCUT2D eigenvalue weighted by molar-refractivity contribution is 0.0526. The van der Waals surface area contributed by atoms with Crippen LogP contribution in [0.4, 0.5) is 5.69 Å². The van der Waals surface area contributed by atoms with Gasteiger partial charge in [-0.2, -0.15) is 5.10 Å². The molecule has 170 valence electrons. The average Bonchev–Trinajstić information content (AvgIpc) is 3.39. The van der Waals surface area contributed by atoms with Crippen LogP contribution in [0.1, 0.15) is 44.9 Å². The van der Waals surface area contributed by atoms with Gasteiger partial charge in [0, 0.05) is 26.9 Å². The topological polar surface area (TPSA) is 75.3 Å². The fraction of sp³-hybridized carbons (Fsp3) is 0.115. The zero-order valence-electron chi connectivity index (χ0n) is 18.1. The molecular formula is C26H19Cl2N3O3. The first kappa shape index (κ1) is 22.2. The van der Waals surface area contributed by atoms with E-state index < -0.39 is 12.0 Å². The molecular weight excluding hydrogens is 473 g/mol. The Bertz CT molecular complexity index is 1380. The first-order chi connectivity index (χ1) is 16.5. The number of hydrogen-bond acceptors (Lipinski definition) is 4. The second kappa shape index (κ2) is 8.97. The maximum atomic E-state index is 13.6. The Morgan fingerprint density at radius 2 is 1.79 bits per heavy atom. The van der Waals surface area contributed by atoms with E-state index in [1.807, 2.05) is 36.4 Å². The molecule has 0 saturated heterocycles. The molecule has 4 aromatic rings. The van der Waals surface area contributed by atoms with E-state index in [0.29, 0.717) is 38.2 Å². The summed E-state index contributed by atoms with van der Waals surface area (Å²) in [6.45, 7) is 2.04. The number of aromatic nitrogens is 2. The third-order valence-corrected chi connectivity index (χ3v) is 6.29. The van der Waals surface area contributed by atoms with Crippen LogP contribution in [0, 0.1) is 0 Å². The maximum absolute atomic E-state index is 13.6. The number of carbonyl (C=O) groups excluding carboxylic acids is 2. The lowest BCUT2D eigenvalue weighted by Crippen LogP contribution is -2.29. The number of esters is 1. The van der Waals surface area contributed by atoms with Gasteiger partial charge < -0.3 is 4.74 Å². The van der Waals surface area contributed by atoms with E-state index in [1.54, 1.807) is 48.2 Å². The summed E-state index contributed by atoms with van der Waals surface area (Å²) in [6.07, 6.45) is 0. The largest absolute Gasteiger partial charge is 0.462 e. The first-order valence-electron chi connectivity index (χ1n) is 10.7. The molecule has 0 unspecified atom stereocenters. The standard InChI is InChI=1S/C26H19Cl2N3O3/c1-2-34-26(33)16-8-11-18(12-9-16)31-24(19-13-10-17(27)14-20(19)28)21-22(15-6-4-3-5-7-15)29-30-23(21)25(31)32/h3-14,24H,2H2,1H3,(H,29,30)/t24-/m1/s1. The number of benzene rings is 3. The number of anilines is 1. The van der Waals surface area contributed by atoms with Crippen molar-refractivity contribution in [2.45, 2.75) is 13.0 Å². The molecule has 6 nitrogen and oxygen atoms in total. The van der Waals surface area contributed by atoms with Crippen LogP contribution in [0.25, 0.3) is 11.3 Å². The predicted octanol–water partition coefficient (Wildman–Crippen LogP) is 6.31. The summed E-state index contributed by atoms with van der Waals surface area (Å²) < 4.78 is 5.07. The fourth-order valence-electron chi connectivity index (χ4n) is 4.22. The summed E-state index contributed by atoms with van der Waals surface area (Å²) >= 11 is 12.8. The van der Waals surface area contributed by atoms with E-state index in [9.17, 15) is 9.59 Å². The average molecular weight is 492 g/mol. The van der Waals surface area contributed by atoms with Crippen LogP contribution < -0.4 is 4.90 Å². The number of fused-ring (bicyclic) bond motifs is 1. The van der Waals surface area contributed by atoms with E-state index in [4.69, 9.17) is 27.9 Å². The van der Waals surface area contributed by atoms with Crippen LogP contribution in [-0.4, -0.2) is 28.7 Å². The molecule has 0 bridgehead atoms. The van der Waals surface area contributed by atoms with Crippen molar-refractivity contribution in [1.29, 1.82) is 0 Å². The van der Waals surface area contributed by atoms with Crippen LogP contribution >= 0.6 is 23.2 Å². The molecule has 0 saturated carbocycles. The Balaban J connectivity index is 1.66. The molecule has 1 amide bonds. The number of nitrogens with one attached hydrogen (secondary N) is 1. The number of hydrogen-bond donors (Lipinski definition) is 1. The van der Waals surface area contributed by atoms with E-state index in [1.165, 1.54) is 0 Å². The van der Waals surface area contributed by atoms with Gasteiger partial charge in [0.1, 0.15) is 5.69 Å². The third kappa shape index (κ3) is 3.75. The second-order valence-electron chi connectivity index (χ2n) is 7.74. The minimum absolute atomic E-state index is 0.246. The van der Waals surface area contributed by atoms with E-state index in [0.717, 1.165) is 11.1 Å². The highest BCUT2D eigenvalue weighted by Crippen LogP contribution is 2.47. The molecule has 0 aliphatic carbocycles. The molecule has 8 heteroatoms. The summed E-state index contributed by atoms with van der Waals surface area (Å²) in [5.41, 5.74) is 4.40. The second-order valence-corrected chi connectivity index (χ2v) is 8.58. The Hall–Kier alpha value is -3.61. The summed E-state index contributed by atoms with van der Waals surface area (Å²) in [7, 11) is 0. The van der Waals surface area contributed by atoms with Gasteiger partial charge in [0.05, 0.1) is 23.9 Å². The Morgan fingerprint density at radius 3 is 2.47 bits per heavy atom. The molecule has 2 heterocycles. The highest BCUT2D eigenvalue weighted by molar-refractivity contribution is 6.35. The lowest BCUT2D eigenvalue weighted by Gasteiger charge is -2.27. The number of amides is 1. The third-order valence-electron chi connectivity index (χ3n) is 5.73. The van der Waals surface area contributed by atoms with Gasteiger partial charge in [0.2, 0.25) is 0 Å². The number of halogens is 2. The quantitative estimate of drug-likeness (QED) is 0.332. The minimum atomic E-state index is -0.547. The van der Waals surface area contributed by atoms with Crippen LogP contribution in [0.15, 0.2) is 72.8 Å². The van der Waals surface area contributed by atoms with Crippen molar-refractivity contribution in [3.8, 4) is 11.3 Å². The molecule has 3 aromatic carbocycles. The molecule has 1 aliphatic heterocycles. The molecule has 1 aliphatic rings.